The third-order valence-corrected chi connectivity index (χ3v) is 5.45. The lowest BCUT2D eigenvalue weighted by Crippen LogP contribution is -2.46. The Bertz CT molecular complexity index is 427. The van der Waals surface area contributed by atoms with Crippen LogP contribution in [0.5, 0.6) is 0 Å². The van der Waals surface area contributed by atoms with E-state index < -0.39 is 0 Å². The predicted octanol–water partition coefficient (Wildman–Crippen LogP) is 6.50. The van der Waals surface area contributed by atoms with E-state index >= 15 is 0 Å². The van der Waals surface area contributed by atoms with E-state index in [1.807, 2.05) is 6.92 Å². The summed E-state index contributed by atoms with van der Waals surface area (Å²) < 4.78 is 5.13. The summed E-state index contributed by atoms with van der Waals surface area (Å²) in [7, 11) is 0. The van der Waals surface area contributed by atoms with Crippen LogP contribution in [0, 0.1) is 5.92 Å². The molecule has 1 aliphatic heterocycles. The molecule has 156 valence electrons. The SMILES string of the molecule is CCCCCC=CCC=CCCCCCCCC(O)C[C@@H]1OC(=O)[C@@H]1CC. The lowest BCUT2D eigenvalue weighted by Gasteiger charge is -2.35. The van der Waals surface area contributed by atoms with Gasteiger partial charge in [-0.25, -0.2) is 0 Å². The summed E-state index contributed by atoms with van der Waals surface area (Å²) in [6.45, 7) is 4.25. The van der Waals surface area contributed by atoms with Gasteiger partial charge in [-0.15, -0.1) is 0 Å². The highest BCUT2D eigenvalue weighted by molar-refractivity contribution is 5.78. The number of ether oxygens (including phenoxy) is 1. The van der Waals surface area contributed by atoms with Gasteiger partial charge in [-0.1, -0.05) is 76.7 Å². The van der Waals surface area contributed by atoms with E-state index in [9.17, 15) is 9.90 Å². The van der Waals surface area contributed by atoms with Gasteiger partial charge in [-0.3, -0.25) is 4.79 Å². The maximum atomic E-state index is 11.2. The van der Waals surface area contributed by atoms with Crippen LogP contribution in [0.4, 0.5) is 0 Å². The molecule has 0 bridgehead atoms. The van der Waals surface area contributed by atoms with Crippen LogP contribution in [0.1, 0.15) is 104 Å². The molecule has 3 nitrogen and oxygen atoms in total. The molecule has 1 rings (SSSR count). The fourth-order valence-electron chi connectivity index (χ4n) is 3.62. The van der Waals surface area contributed by atoms with Crippen LogP contribution in [0.15, 0.2) is 24.3 Å². The van der Waals surface area contributed by atoms with Gasteiger partial charge < -0.3 is 9.84 Å². The molecule has 1 unspecified atom stereocenters. The van der Waals surface area contributed by atoms with Crippen LogP contribution in [-0.4, -0.2) is 23.3 Å². The van der Waals surface area contributed by atoms with Crippen molar-refractivity contribution in [2.24, 2.45) is 5.92 Å². The molecular weight excluding hydrogens is 336 g/mol. The van der Waals surface area contributed by atoms with Crippen molar-refractivity contribution in [1.82, 2.24) is 0 Å². The maximum absolute atomic E-state index is 11.2. The van der Waals surface area contributed by atoms with Gasteiger partial charge in [0.25, 0.3) is 0 Å². The molecule has 0 spiro atoms. The number of aliphatic hydroxyl groups is 1. The molecule has 0 aromatic carbocycles. The van der Waals surface area contributed by atoms with Crippen molar-refractivity contribution in [1.29, 1.82) is 0 Å². The first kappa shape index (κ1) is 23.9. The highest BCUT2D eigenvalue weighted by Crippen LogP contribution is 2.29. The molecule has 0 aliphatic carbocycles. The molecule has 1 heterocycles. The fourth-order valence-corrected chi connectivity index (χ4v) is 3.62. The van der Waals surface area contributed by atoms with Gasteiger partial charge in [0, 0.05) is 6.42 Å². The van der Waals surface area contributed by atoms with Crippen LogP contribution in [-0.2, 0) is 9.53 Å². The first-order valence-corrected chi connectivity index (χ1v) is 11.4. The van der Waals surface area contributed by atoms with Crippen LogP contribution >= 0.6 is 0 Å². The lowest BCUT2D eigenvalue weighted by molar-refractivity contribution is -0.188. The Morgan fingerprint density at radius 1 is 0.926 bits per heavy atom. The molecule has 3 heteroatoms. The molecule has 0 aromatic heterocycles. The number of aliphatic hydroxyl groups excluding tert-OH is 1. The average Bonchev–Trinajstić information content (AvgIpc) is 2.64. The quantitative estimate of drug-likeness (QED) is 0.178. The van der Waals surface area contributed by atoms with Crippen molar-refractivity contribution >= 4 is 5.97 Å². The third kappa shape index (κ3) is 11.4. The number of hydrogen-bond donors (Lipinski definition) is 1. The second kappa shape index (κ2) is 15.9. The standard InChI is InChI=1S/C24H42O3/c1-3-5-6-7-8-9-10-11-12-13-14-15-16-17-18-19-21(25)20-23-22(4-2)24(26)27-23/h8-9,11-12,21-23,25H,3-7,10,13-20H2,1-2H3/t21?,22-,23+/m1/s1. The number of cyclic esters (lactones) is 1. The molecule has 0 saturated carbocycles. The second-order valence-electron chi connectivity index (χ2n) is 7.90. The molecule has 1 aliphatic rings. The van der Waals surface area contributed by atoms with E-state index in [0.29, 0.717) is 6.42 Å². The minimum absolute atomic E-state index is 0.0178. The first-order valence-electron chi connectivity index (χ1n) is 11.4. The number of carbonyl (C=O) groups is 1. The van der Waals surface area contributed by atoms with Crippen LogP contribution in [0.2, 0.25) is 0 Å². The molecule has 0 amide bonds. The molecule has 27 heavy (non-hydrogen) atoms. The number of allylic oxidation sites excluding steroid dienone is 4. The highest BCUT2D eigenvalue weighted by Gasteiger charge is 2.41. The topological polar surface area (TPSA) is 46.5 Å². The van der Waals surface area contributed by atoms with Crippen molar-refractivity contribution in [3.8, 4) is 0 Å². The van der Waals surface area contributed by atoms with Gasteiger partial charge in [0.05, 0.1) is 12.0 Å². The van der Waals surface area contributed by atoms with Gasteiger partial charge in [0.15, 0.2) is 0 Å². The van der Waals surface area contributed by atoms with Gasteiger partial charge in [0.2, 0.25) is 0 Å². The Balaban J connectivity index is 1.86. The van der Waals surface area contributed by atoms with Crippen LogP contribution in [0.25, 0.3) is 0 Å². The summed E-state index contributed by atoms with van der Waals surface area (Å²) >= 11 is 0. The summed E-state index contributed by atoms with van der Waals surface area (Å²) in [5, 5.41) is 10.1. The summed E-state index contributed by atoms with van der Waals surface area (Å²) in [6.07, 6.45) is 24.5. The first-order chi connectivity index (χ1) is 13.2. The minimum Gasteiger partial charge on any atom is -0.461 e. The number of hydrogen-bond acceptors (Lipinski definition) is 3. The van der Waals surface area contributed by atoms with Crippen molar-refractivity contribution in [3.63, 3.8) is 0 Å². The largest absolute Gasteiger partial charge is 0.461 e. The smallest absolute Gasteiger partial charge is 0.313 e. The zero-order valence-electron chi connectivity index (χ0n) is 17.7. The Morgan fingerprint density at radius 3 is 2.19 bits per heavy atom. The third-order valence-electron chi connectivity index (χ3n) is 5.45. The summed E-state index contributed by atoms with van der Waals surface area (Å²) in [5.74, 6) is -0.0731. The number of unbranched alkanes of at least 4 members (excludes halogenated alkanes) is 8. The van der Waals surface area contributed by atoms with Gasteiger partial charge in [0.1, 0.15) is 6.10 Å². The Labute approximate surface area is 167 Å². The van der Waals surface area contributed by atoms with E-state index in [0.717, 1.165) is 25.7 Å². The van der Waals surface area contributed by atoms with E-state index in [1.54, 1.807) is 0 Å². The molecule has 1 saturated heterocycles. The molecule has 0 radical (unpaired) electrons. The van der Waals surface area contributed by atoms with Crippen molar-refractivity contribution in [3.05, 3.63) is 24.3 Å². The maximum Gasteiger partial charge on any atom is 0.313 e. The number of carbonyl (C=O) groups excluding carboxylic acids is 1. The van der Waals surface area contributed by atoms with Gasteiger partial charge in [-0.2, -0.15) is 0 Å². The van der Waals surface area contributed by atoms with E-state index in [4.69, 9.17) is 4.74 Å². The molecule has 0 aromatic rings. The van der Waals surface area contributed by atoms with Gasteiger partial charge in [-0.05, 0) is 44.9 Å². The fraction of sp³-hybridized carbons (Fsp3) is 0.792. The summed E-state index contributed by atoms with van der Waals surface area (Å²) in [4.78, 5) is 11.2. The van der Waals surface area contributed by atoms with Gasteiger partial charge >= 0.3 is 5.97 Å². The monoisotopic (exact) mass is 378 g/mol. The molecule has 1 fully saturated rings. The number of esters is 1. The molecule has 1 N–H and O–H groups in total. The molecule has 3 atom stereocenters. The Kier molecular flexibility index (Phi) is 14.1. The van der Waals surface area contributed by atoms with E-state index in [1.165, 1.54) is 57.8 Å². The van der Waals surface area contributed by atoms with Crippen LogP contribution < -0.4 is 0 Å². The minimum atomic E-state index is -0.324. The molecular formula is C24H42O3. The van der Waals surface area contributed by atoms with Crippen LogP contribution in [0.3, 0.4) is 0 Å². The predicted molar refractivity (Wildman–Crippen MR) is 114 cm³/mol. The van der Waals surface area contributed by atoms with Crippen molar-refractivity contribution in [2.75, 3.05) is 0 Å². The van der Waals surface area contributed by atoms with Crippen molar-refractivity contribution in [2.45, 2.75) is 116 Å². The Morgan fingerprint density at radius 2 is 1.56 bits per heavy atom. The summed E-state index contributed by atoms with van der Waals surface area (Å²) in [6, 6.07) is 0. The zero-order chi connectivity index (χ0) is 19.7. The second-order valence-corrected chi connectivity index (χ2v) is 7.90. The van der Waals surface area contributed by atoms with E-state index in [2.05, 4.69) is 31.2 Å². The normalized spacial score (nSPS) is 20.9. The number of rotatable bonds is 17. The summed E-state index contributed by atoms with van der Waals surface area (Å²) in [5.41, 5.74) is 0. The average molecular weight is 379 g/mol. The van der Waals surface area contributed by atoms with E-state index in [-0.39, 0.29) is 24.1 Å². The lowest BCUT2D eigenvalue weighted by atomic mass is 9.89. The highest BCUT2D eigenvalue weighted by atomic mass is 16.6. The Hall–Kier alpha value is -1.09. The van der Waals surface area contributed by atoms with Crippen molar-refractivity contribution < 1.29 is 14.6 Å². The zero-order valence-corrected chi connectivity index (χ0v) is 17.7.